The van der Waals surface area contributed by atoms with E-state index < -0.39 is 5.97 Å². The lowest BCUT2D eigenvalue weighted by atomic mass is 10.1. The number of carbonyl (C=O) groups excluding carboxylic acids is 2. The first-order valence-corrected chi connectivity index (χ1v) is 10.6. The second-order valence-electron chi connectivity index (χ2n) is 6.99. The van der Waals surface area contributed by atoms with Gasteiger partial charge in [0.25, 0.3) is 5.91 Å². The molecule has 8 heteroatoms. The van der Waals surface area contributed by atoms with Crippen molar-refractivity contribution >= 4 is 50.4 Å². The minimum absolute atomic E-state index is 0.154. The van der Waals surface area contributed by atoms with E-state index in [9.17, 15) is 9.59 Å². The Labute approximate surface area is 187 Å². The summed E-state index contributed by atoms with van der Waals surface area (Å²) in [5.74, 6) is 0.569. The fourth-order valence-corrected chi connectivity index (χ4v) is 4.31. The molecule has 0 saturated carbocycles. The Balaban J connectivity index is 1.33. The number of aromatic nitrogens is 1. The van der Waals surface area contributed by atoms with E-state index in [2.05, 4.69) is 15.6 Å². The minimum atomic E-state index is -0.420. The summed E-state index contributed by atoms with van der Waals surface area (Å²) in [5, 5.41) is 6.08. The fraction of sp³-hybridized carbons (Fsp3) is 0.0417. The van der Waals surface area contributed by atoms with Crippen LogP contribution in [0.15, 0.2) is 72.4 Å². The van der Waals surface area contributed by atoms with E-state index in [0.29, 0.717) is 22.6 Å². The van der Waals surface area contributed by atoms with Crippen molar-refractivity contribution in [3.8, 4) is 11.5 Å². The monoisotopic (exact) mass is 443 g/mol. The van der Waals surface area contributed by atoms with E-state index in [4.69, 9.17) is 9.47 Å². The van der Waals surface area contributed by atoms with E-state index >= 15 is 0 Å². The third-order valence-corrected chi connectivity index (χ3v) is 5.85. The third-order valence-electron chi connectivity index (χ3n) is 4.99. The number of nitrogens with one attached hydrogen (secondary N) is 2. The number of methoxy groups -OCH3 is 1. The third kappa shape index (κ3) is 3.67. The molecule has 0 bridgehead atoms. The van der Waals surface area contributed by atoms with Gasteiger partial charge >= 0.3 is 5.97 Å². The Kier molecular flexibility index (Phi) is 5.04. The van der Waals surface area contributed by atoms with Gasteiger partial charge in [0.15, 0.2) is 0 Å². The molecule has 158 valence electrons. The zero-order valence-corrected chi connectivity index (χ0v) is 17.7. The lowest BCUT2D eigenvalue weighted by Gasteiger charge is -2.08. The largest absolute Gasteiger partial charge is 0.465 e. The number of thiazole rings is 1. The number of nitrogens with zero attached hydrogens (tertiary/aromatic N) is 1. The van der Waals surface area contributed by atoms with Crippen LogP contribution in [0.25, 0.3) is 15.8 Å². The second-order valence-corrected chi connectivity index (χ2v) is 7.85. The summed E-state index contributed by atoms with van der Waals surface area (Å²) in [5.41, 5.74) is 6.08. The summed E-state index contributed by atoms with van der Waals surface area (Å²) in [6.07, 6.45) is 1.70. The first-order valence-electron chi connectivity index (χ1n) is 9.73. The molecule has 7 nitrogen and oxygen atoms in total. The second kappa shape index (κ2) is 8.16. The molecule has 0 radical (unpaired) electrons. The van der Waals surface area contributed by atoms with Gasteiger partial charge in [0.05, 0.1) is 39.7 Å². The highest BCUT2D eigenvalue weighted by Crippen LogP contribution is 2.39. The number of carbonyl (C=O) groups is 2. The summed E-state index contributed by atoms with van der Waals surface area (Å²) in [6.45, 7) is 0. The van der Waals surface area contributed by atoms with Crippen molar-refractivity contribution in [2.24, 2.45) is 0 Å². The molecule has 1 aliphatic rings. The maximum Gasteiger partial charge on any atom is 0.337 e. The van der Waals surface area contributed by atoms with Gasteiger partial charge in [-0.1, -0.05) is 6.07 Å². The Morgan fingerprint density at radius 3 is 2.75 bits per heavy atom. The molecule has 3 aromatic carbocycles. The number of amides is 1. The van der Waals surface area contributed by atoms with Crippen LogP contribution in [0.4, 0.5) is 11.4 Å². The molecule has 2 heterocycles. The van der Waals surface area contributed by atoms with Gasteiger partial charge in [-0.05, 0) is 54.6 Å². The molecule has 0 atom stereocenters. The molecule has 2 N–H and O–H groups in total. The molecule has 0 aliphatic carbocycles. The number of hydrogen-bond donors (Lipinski definition) is 2. The van der Waals surface area contributed by atoms with Gasteiger partial charge in [0.2, 0.25) is 0 Å². The molecule has 0 saturated heterocycles. The predicted octanol–water partition coefficient (Wildman–Crippen LogP) is 5.28. The van der Waals surface area contributed by atoms with Crippen LogP contribution in [-0.2, 0) is 9.53 Å². The van der Waals surface area contributed by atoms with Crippen molar-refractivity contribution in [2.75, 3.05) is 17.7 Å². The van der Waals surface area contributed by atoms with E-state index in [-0.39, 0.29) is 5.91 Å². The number of rotatable bonds is 5. The minimum Gasteiger partial charge on any atom is -0.465 e. The Bertz CT molecular complexity index is 1380. The first kappa shape index (κ1) is 19.8. The van der Waals surface area contributed by atoms with Crippen LogP contribution in [0.1, 0.15) is 15.9 Å². The van der Waals surface area contributed by atoms with Crippen molar-refractivity contribution < 1.29 is 19.1 Å². The highest BCUT2D eigenvalue weighted by molar-refractivity contribution is 7.17. The summed E-state index contributed by atoms with van der Waals surface area (Å²) in [6, 6.07) is 17.8. The summed E-state index contributed by atoms with van der Waals surface area (Å²) < 4.78 is 11.5. The average Bonchev–Trinajstić information content (AvgIpc) is 3.41. The Hall–Kier alpha value is -4.17. The van der Waals surface area contributed by atoms with Gasteiger partial charge in [-0.3, -0.25) is 4.79 Å². The smallest absolute Gasteiger partial charge is 0.337 e. The lowest BCUT2D eigenvalue weighted by Crippen LogP contribution is -2.05. The van der Waals surface area contributed by atoms with Gasteiger partial charge in [-0.25, -0.2) is 9.78 Å². The van der Waals surface area contributed by atoms with Gasteiger partial charge < -0.3 is 20.1 Å². The van der Waals surface area contributed by atoms with Crippen molar-refractivity contribution in [1.82, 2.24) is 4.98 Å². The van der Waals surface area contributed by atoms with Crippen LogP contribution < -0.4 is 15.4 Å². The van der Waals surface area contributed by atoms with Crippen LogP contribution in [0.3, 0.4) is 0 Å². The fourth-order valence-electron chi connectivity index (χ4n) is 3.46. The van der Waals surface area contributed by atoms with E-state index in [1.54, 1.807) is 48.1 Å². The van der Waals surface area contributed by atoms with Crippen LogP contribution in [0.5, 0.6) is 11.5 Å². The molecule has 0 fully saturated rings. The normalized spacial score (nSPS) is 13.7. The number of anilines is 2. The van der Waals surface area contributed by atoms with Crippen molar-refractivity contribution in [1.29, 1.82) is 0 Å². The van der Waals surface area contributed by atoms with Gasteiger partial charge in [-0.2, -0.15) is 0 Å². The number of ether oxygens (including phenoxy) is 2. The van der Waals surface area contributed by atoms with Gasteiger partial charge in [-0.15, -0.1) is 11.3 Å². The Morgan fingerprint density at radius 2 is 1.94 bits per heavy atom. The number of esters is 1. The molecule has 0 unspecified atom stereocenters. The molecule has 1 aromatic heterocycles. The zero-order valence-electron chi connectivity index (χ0n) is 16.9. The van der Waals surface area contributed by atoms with Gasteiger partial charge in [0, 0.05) is 17.5 Å². The first-order chi connectivity index (χ1) is 15.6. The molecule has 32 heavy (non-hydrogen) atoms. The standard InChI is InChI=1S/C24H17N3O4S/c1-30-24(29)14-3-2-4-17(11-14)31-16-7-5-15(6-8-16)25-12-18-21-19(27-23(18)28)9-10-20-22(21)32-13-26-20/h2-13,25H,1H3,(H,27,28)/b18-12-. The van der Waals surface area contributed by atoms with Crippen LogP contribution in [0, 0.1) is 0 Å². The van der Waals surface area contributed by atoms with Crippen LogP contribution in [-0.4, -0.2) is 24.0 Å². The van der Waals surface area contributed by atoms with Crippen molar-refractivity contribution in [3.63, 3.8) is 0 Å². The number of fused-ring (bicyclic) bond motifs is 3. The molecular weight excluding hydrogens is 426 g/mol. The number of benzene rings is 3. The molecule has 0 spiro atoms. The number of hydrogen-bond acceptors (Lipinski definition) is 7. The van der Waals surface area contributed by atoms with E-state index in [0.717, 1.165) is 27.2 Å². The quantitative estimate of drug-likeness (QED) is 0.322. The highest BCUT2D eigenvalue weighted by Gasteiger charge is 2.27. The molecule has 1 aliphatic heterocycles. The van der Waals surface area contributed by atoms with Crippen LogP contribution >= 0.6 is 11.3 Å². The maximum atomic E-state index is 12.5. The molecule has 1 amide bonds. The summed E-state index contributed by atoms with van der Waals surface area (Å²) in [7, 11) is 1.34. The highest BCUT2D eigenvalue weighted by atomic mass is 32.1. The maximum absolute atomic E-state index is 12.5. The van der Waals surface area contributed by atoms with Crippen molar-refractivity contribution in [3.05, 3.63) is 83.5 Å². The SMILES string of the molecule is COC(=O)c1cccc(Oc2ccc(N/C=C3\C(=O)Nc4ccc5ncsc5c43)cc2)c1. The van der Waals surface area contributed by atoms with E-state index in [1.807, 2.05) is 24.3 Å². The molecular formula is C24H17N3O4S. The van der Waals surface area contributed by atoms with Crippen molar-refractivity contribution in [2.45, 2.75) is 0 Å². The van der Waals surface area contributed by atoms with Gasteiger partial charge in [0.1, 0.15) is 11.5 Å². The Morgan fingerprint density at radius 1 is 1.09 bits per heavy atom. The average molecular weight is 443 g/mol. The molecule has 5 rings (SSSR count). The molecule has 4 aromatic rings. The topological polar surface area (TPSA) is 89.5 Å². The lowest BCUT2D eigenvalue weighted by molar-refractivity contribution is -0.110. The van der Waals surface area contributed by atoms with Crippen LogP contribution in [0.2, 0.25) is 0 Å². The predicted molar refractivity (Wildman–Crippen MR) is 124 cm³/mol. The summed E-state index contributed by atoms with van der Waals surface area (Å²) in [4.78, 5) is 28.5. The summed E-state index contributed by atoms with van der Waals surface area (Å²) >= 11 is 1.51. The zero-order chi connectivity index (χ0) is 22.1. The van der Waals surface area contributed by atoms with E-state index in [1.165, 1.54) is 18.4 Å².